The normalized spacial score (nSPS) is 23.2. The molecule has 2 saturated heterocycles. The first-order valence-corrected chi connectivity index (χ1v) is 27.1. The largest absolute Gasteiger partial charge is 0.453 e. The van der Waals surface area contributed by atoms with Gasteiger partial charge >= 0.3 is 12.2 Å². The van der Waals surface area contributed by atoms with E-state index in [4.69, 9.17) is 30.9 Å². The van der Waals surface area contributed by atoms with E-state index >= 15 is 0 Å². The molecule has 8 atom stereocenters. The summed E-state index contributed by atoms with van der Waals surface area (Å²) in [5.74, 6) is 2.04. The highest BCUT2D eigenvalue weighted by atomic mass is 16.5. The van der Waals surface area contributed by atoms with E-state index in [-0.39, 0.29) is 49.1 Å². The molecule has 6 aromatic rings. The molecule has 0 spiro atoms. The number of amides is 4. The Morgan fingerprint density at radius 2 is 1.03 bits per heavy atom. The lowest BCUT2D eigenvalue weighted by molar-refractivity contribution is -0.138. The van der Waals surface area contributed by atoms with E-state index in [1.807, 2.05) is 9.80 Å². The lowest BCUT2D eigenvalue weighted by atomic mass is 9.84. The molecule has 4 bridgehead atoms. The van der Waals surface area contributed by atoms with Gasteiger partial charge in [-0.05, 0) is 171 Å². The number of aryl methyl sites for hydroxylation is 4. The van der Waals surface area contributed by atoms with Crippen LogP contribution in [0.25, 0.3) is 44.3 Å². The Morgan fingerprint density at radius 3 is 1.45 bits per heavy atom. The quantitative estimate of drug-likeness (QED) is 0.0686. The average molecular weight is 1000 g/mol. The number of H-pyrrole nitrogens is 2. The lowest BCUT2D eigenvalue weighted by Crippen LogP contribution is -2.52. The molecule has 4 heterocycles. The monoisotopic (exact) mass is 1000 g/mol. The van der Waals surface area contributed by atoms with Crippen molar-refractivity contribution in [2.24, 2.45) is 23.3 Å². The van der Waals surface area contributed by atoms with E-state index in [1.54, 1.807) is 0 Å². The second-order valence-electron chi connectivity index (χ2n) is 21.4. The van der Waals surface area contributed by atoms with Crippen LogP contribution < -0.4 is 22.1 Å². The van der Waals surface area contributed by atoms with E-state index in [2.05, 4.69) is 93.4 Å². The molecule has 8 N–H and O–H groups in total. The minimum Gasteiger partial charge on any atom is -0.453 e. The molecule has 2 aromatic heterocycles. The van der Waals surface area contributed by atoms with Gasteiger partial charge in [0.25, 0.3) is 0 Å². The average Bonchev–Trinajstić information content (AvgIpc) is 4.23. The molecule has 74 heavy (non-hydrogen) atoms. The van der Waals surface area contributed by atoms with Crippen LogP contribution in [-0.2, 0) is 44.7 Å². The van der Waals surface area contributed by atoms with Gasteiger partial charge in [-0.1, -0.05) is 74.2 Å². The number of aromatic nitrogens is 4. The number of nitrogens with two attached hydrogens (primary N) is 2. The standard InChI is InChI=1S/C58H70N10O6/c1-73-57(71)65-45(23-25-59)55(69)67-49-9-5-3-7-39(49)31-51(67)53-61-43-21-19-37(29-47(43)63-53)41-27-33-11-15-35(41)17-13-34-12-16-36(18-14-33)42(28-34)38-20-22-44-48(30-38)64-54(62-44)52-32-40-8-4-6-10-50(40)68(52)56(70)46(24-26-60)66-58(72)74-2/h11-12,15-16,19-22,27-30,39-40,45-46,49-52H,3-10,13-14,17-18,23-26,31-32,59-60H2,1-2H3,(H,61,63)(H,62,64)(H,65,71)(H,66,72)/t39-,40-,45-,46-,49-,50-,51-,52-/m0/s1. The molecule has 8 aliphatic rings. The third kappa shape index (κ3) is 9.62. The van der Waals surface area contributed by atoms with Crippen LogP contribution in [0.1, 0.15) is 123 Å². The second-order valence-corrected chi connectivity index (χ2v) is 21.4. The van der Waals surface area contributed by atoms with Crippen LogP contribution in [0.15, 0.2) is 72.8 Å². The molecule has 0 unspecified atom stereocenters. The molecule has 6 aliphatic carbocycles. The summed E-state index contributed by atoms with van der Waals surface area (Å²) >= 11 is 0. The highest BCUT2D eigenvalue weighted by Crippen LogP contribution is 2.48. The zero-order valence-corrected chi connectivity index (χ0v) is 42.7. The zero-order chi connectivity index (χ0) is 51.0. The minimum absolute atomic E-state index is 0.0842. The first-order valence-electron chi connectivity index (χ1n) is 27.1. The van der Waals surface area contributed by atoms with Crippen molar-refractivity contribution in [3.05, 3.63) is 107 Å². The highest BCUT2D eigenvalue weighted by Gasteiger charge is 2.49. The van der Waals surface area contributed by atoms with Crippen molar-refractivity contribution in [1.82, 2.24) is 40.4 Å². The van der Waals surface area contributed by atoms with Gasteiger partial charge in [0.1, 0.15) is 23.7 Å². The Hall–Kier alpha value is -6.78. The van der Waals surface area contributed by atoms with Crippen LogP contribution in [0.2, 0.25) is 0 Å². The van der Waals surface area contributed by atoms with E-state index < -0.39 is 24.3 Å². The number of aromatic amines is 2. The molecular weight excluding hydrogens is 933 g/mol. The number of ether oxygens (including phenoxy) is 2. The first kappa shape index (κ1) is 49.4. The SMILES string of the molecule is COC(=O)N[C@@H](CCN)C(=O)N1[C@H](c2nc3ccc(-c4cc5ccc4CCc4ccc(c(-c6ccc7nc([C@@H]8C[C@@H]9CCCC[C@@H]9N8C(=O)[C@H](CCN)NC(=O)OC)[nH]c7c6)c4)CC5)cc3[nH]2)C[C@@H]2CCCC[C@@H]21. The van der Waals surface area contributed by atoms with E-state index in [1.165, 1.54) is 47.6 Å². The molecule has 2 aliphatic heterocycles. The number of hydrogen-bond donors (Lipinski definition) is 6. The van der Waals surface area contributed by atoms with Crippen molar-refractivity contribution in [3.63, 3.8) is 0 Å². The number of hydrogen-bond acceptors (Lipinski definition) is 10. The smallest absolute Gasteiger partial charge is 0.407 e. The highest BCUT2D eigenvalue weighted by molar-refractivity contribution is 5.89. The fourth-order valence-corrected chi connectivity index (χ4v) is 13.5. The fraction of sp³-hybridized carbons (Fsp3) is 0.483. The number of benzene rings is 4. The molecule has 16 heteroatoms. The van der Waals surface area contributed by atoms with Gasteiger partial charge in [0.2, 0.25) is 11.8 Å². The molecule has 4 fully saturated rings. The third-order valence-corrected chi connectivity index (χ3v) is 17.1. The number of rotatable bonds is 12. The molecule has 16 nitrogen and oxygen atoms in total. The molecule has 0 radical (unpaired) electrons. The molecular formula is C58H70N10O6. The third-order valence-electron chi connectivity index (χ3n) is 17.1. The van der Waals surface area contributed by atoms with Gasteiger partial charge in [-0.2, -0.15) is 0 Å². The number of likely N-dealkylation sites (tertiary alicyclic amines) is 2. The Bertz CT molecular complexity index is 2870. The van der Waals surface area contributed by atoms with Crippen LogP contribution in [0.4, 0.5) is 9.59 Å². The predicted molar refractivity (Wildman–Crippen MR) is 284 cm³/mol. The van der Waals surface area contributed by atoms with E-state index in [0.29, 0.717) is 24.7 Å². The van der Waals surface area contributed by atoms with Crippen molar-refractivity contribution in [3.8, 4) is 22.3 Å². The number of alkyl carbamates (subject to hydrolysis) is 2. The number of nitrogens with one attached hydrogen (secondary N) is 4. The summed E-state index contributed by atoms with van der Waals surface area (Å²) in [6.45, 7) is 0.516. The van der Waals surface area contributed by atoms with Gasteiger partial charge in [-0.3, -0.25) is 9.59 Å². The van der Waals surface area contributed by atoms with Crippen LogP contribution in [-0.4, -0.2) is 105 Å². The second kappa shape index (κ2) is 21.2. The number of carbonyl (C=O) groups is 4. The van der Waals surface area contributed by atoms with Crippen molar-refractivity contribution in [1.29, 1.82) is 0 Å². The zero-order valence-electron chi connectivity index (χ0n) is 42.7. The summed E-state index contributed by atoms with van der Waals surface area (Å²) in [6, 6.07) is 25.0. The molecule has 388 valence electrons. The summed E-state index contributed by atoms with van der Waals surface area (Å²) < 4.78 is 9.78. The number of carbonyl (C=O) groups excluding carboxylic acids is 4. The number of imidazole rings is 2. The van der Waals surface area contributed by atoms with Crippen LogP contribution in [0.5, 0.6) is 0 Å². The van der Waals surface area contributed by atoms with Gasteiger partial charge in [0, 0.05) is 12.1 Å². The topological polar surface area (TPSA) is 227 Å². The maximum atomic E-state index is 14.4. The Labute approximate surface area is 432 Å². The predicted octanol–water partition coefficient (Wildman–Crippen LogP) is 8.47. The van der Waals surface area contributed by atoms with Crippen LogP contribution in [0.3, 0.4) is 0 Å². The molecule has 14 rings (SSSR count). The summed E-state index contributed by atoms with van der Waals surface area (Å²) in [5, 5.41) is 5.52. The number of methoxy groups -OCH3 is 2. The maximum Gasteiger partial charge on any atom is 0.407 e. The van der Waals surface area contributed by atoms with Crippen molar-refractivity contribution < 1.29 is 28.7 Å². The van der Waals surface area contributed by atoms with Gasteiger partial charge in [0.05, 0.1) is 48.4 Å². The van der Waals surface area contributed by atoms with Gasteiger partial charge in [0.15, 0.2) is 0 Å². The Balaban J connectivity index is 0.845. The van der Waals surface area contributed by atoms with Crippen molar-refractivity contribution in [2.75, 3.05) is 27.3 Å². The summed E-state index contributed by atoms with van der Waals surface area (Å²) in [6.07, 6.45) is 12.9. The molecule has 4 amide bonds. The summed E-state index contributed by atoms with van der Waals surface area (Å²) in [5.41, 5.74) is 25.3. The summed E-state index contributed by atoms with van der Waals surface area (Å²) in [7, 11) is 2.61. The molecule has 4 aromatic carbocycles. The minimum atomic E-state index is -0.775. The Morgan fingerprint density at radius 1 is 0.595 bits per heavy atom. The van der Waals surface area contributed by atoms with Crippen molar-refractivity contribution >= 4 is 46.1 Å². The van der Waals surface area contributed by atoms with Gasteiger partial charge in [-0.25, -0.2) is 19.6 Å². The lowest BCUT2D eigenvalue weighted by Gasteiger charge is -2.35. The number of fused-ring (bicyclic) bond motifs is 4. The van der Waals surface area contributed by atoms with Gasteiger partial charge in [-0.15, -0.1) is 0 Å². The van der Waals surface area contributed by atoms with Crippen LogP contribution in [0, 0.1) is 11.8 Å². The van der Waals surface area contributed by atoms with E-state index in [0.717, 1.165) is 135 Å². The Kier molecular flexibility index (Phi) is 14.2. The van der Waals surface area contributed by atoms with Gasteiger partial charge < -0.3 is 51.3 Å². The maximum absolute atomic E-state index is 14.4. The molecule has 2 saturated carbocycles. The first-order chi connectivity index (χ1) is 36.1. The number of nitrogens with zero attached hydrogens (tertiary/aromatic N) is 4. The van der Waals surface area contributed by atoms with Crippen LogP contribution >= 0.6 is 0 Å². The van der Waals surface area contributed by atoms with E-state index in [9.17, 15) is 19.2 Å². The van der Waals surface area contributed by atoms with Crippen molar-refractivity contribution in [2.45, 2.75) is 139 Å². The summed E-state index contributed by atoms with van der Waals surface area (Å²) in [4.78, 5) is 75.1. The fourth-order valence-electron chi connectivity index (χ4n) is 13.5.